The topological polar surface area (TPSA) is 0 Å². The molecule has 0 aliphatic carbocycles. The molecule has 0 nitrogen and oxygen atoms in total. The lowest BCUT2D eigenvalue weighted by Gasteiger charge is -2.07. The predicted molar refractivity (Wildman–Crippen MR) is 71.0 cm³/mol. The molecular weight excluding hydrogens is 180 g/mol. The minimum absolute atomic E-state index is 0.725. The Morgan fingerprint density at radius 2 is 1.87 bits per heavy atom. The van der Waals surface area contributed by atoms with Gasteiger partial charge in [-0.15, -0.1) is 0 Å². The average molecular weight is 208 g/mol. The van der Waals surface area contributed by atoms with E-state index in [4.69, 9.17) is 0 Å². The Bertz CT molecular complexity index is 198. The van der Waals surface area contributed by atoms with Gasteiger partial charge in [-0.25, -0.2) is 0 Å². The third-order valence-electron chi connectivity index (χ3n) is 2.93. The SMILES string of the molecule is CCCC(C)C=CC=C(C)CC(C)CC. The van der Waals surface area contributed by atoms with Crippen LogP contribution in [-0.4, -0.2) is 0 Å². The Labute approximate surface area is 96.5 Å². The lowest BCUT2D eigenvalue weighted by atomic mass is 9.99. The van der Waals surface area contributed by atoms with Crippen molar-refractivity contribution in [2.45, 2.75) is 60.3 Å². The van der Waals surface area contributed by atoms with Gasteiger partial charge in [0.2, 0.25) is 0 Å². The largest absolute Gasteiger partial charge is 0.0817 e. The third-order valence-corrected chi connectivity index (χ3v) is 2.93. The number of hydrogen-bond acceptors (Lipinski definition) is 0. The molecule has 0 heteroatoms. The lowest BCUT2D eigenvalue weighted by molar-refractivity contribution is 0.557. The Kier molecular flexibility index (Phi) is 8.46. The summed E-state index contributed by atoms with van der Waals surface area (Å²) in [6.07, 6.45) is 11.9. The smallest absolute Gasteiger partial charge is 0.0259 e. The Morgan fingerprint density at radius 1 is 1.20 bits per heavy atom. The molecule has 2 atom stereocenters. The van der Waals surface area contributed by atoms with Crippen molar-refractivity contribution in [1.82, 2.24) is 0 Å². The lowest BCUT2D eigenvalue weighted by Crippen LogP contribution is -1.92. The van der Waals surface area contributed by atoms with Gasteiger partial charge < -0.3 is 0 Å². The van der Waals surface area contributed by atoms with Gasteiger partial charge in [-0.1, -0.05) is 64.3 Å². The molecule has 15 heavy (non-hydrogen) atoms. The van der Waals surface area contributed by atoms with Gasteiger partial charge in [-0.05, 0) is 31.6 Å². The zero-order valence-electron chi connectivity index (χ0n) is 11.2. The molecule has 0 aromatic rings. The van der Waals surface area contributed by atoms with Gasteiger partial charge in [0.1, 0.15) is 0 Å². The van der Waals surface area contributed by atoms with Crippen molar-refractivity contribution in [3.8, 4) is 0 Å². The van der Waals surface area contributed by atoms with E-state index in [1.807, 2.05) is 0 Å². The van der Waals surface area contributed by atoms with Gasteiger partial charge in [-0.2, -0.15) is 0 Å². The molecule has 0 rings (SSSR count). The van der Waals surface area contributed by atoms with Crippen molar-refractivity contribution in [2.24, 2.45) is 11.8 Å². The summed E-state index contributed by atoms with van der Waals surface area (Å²) in [6, 6.07) is 0. The van der Waals surface area contributed by atoms with E-state index in [9.17, 15) is 0 Å². The molecule has 0 saturated carbocycles. The Morgan fingerprint density at radius 3 is 2.40 bits per heavy atom. The predicted octanol–water partition coefficient (Wildman–Crippen LogP) is 5.36. The van der Waals surface area contributed by atoms with Crippen LogP contribution in [0.25, 0.3) is 0 Å². The first kappa shape index (κ1) is 14.5. The molecule has 2 unspecified atom stereocenters. The third kappa shape index (κ3) is 8.47. The van der Waals surface area contributed by atoms with E-state index in [0.29, 0.717) is 0 Å². The summed E-state index contributed by atoms with van der Waals surface area (Å²) in [7, 11) is 0. The fourth-order valence-electron chi connectivity index (χ4n) is 1.72. The summed E-state index contributed by atoms with van der Waals surface area (Å²) in [5, 5.41) is 0. The minimum Gasteiger partial charge on any atom is -0.0817 e. The monoisotopic (exact) mass is 208 g/mol. The molecule has 0 N–H and O–H groups in total. The van der Waals surface area contributed by atoms with Crippen LogP contribution in [0, 0.1) is 11.8 Å². The zero-order valence-corrected chi connectivity index (χ0v) is 11.2. The van der Waals surface area contributed by atoms with Crippen molar-refractivity contribution in [1.29, 1.82) is 0 Å². The first-order valence-corrected chi connectivity index (χ1v) is 6.44. The average Bonchev–Trinajstić information content (AvgIpc) is 2.18. The molecule has 0 aromatic heterocycles. The number of rotatable bonds is 7. The number of allylic oxidation sites excluding steroid dienone is 4. The van der Waals surface area contributed by atoms with Gasteiger partial charge in [0.05, 0.1) is 0 Å². The molecule has 0 bridgehead atoms. The highest BCUT2D eigenvalue weighted by molar-refractivity contribution is 5.11. The van der Waals surface area contributed by atoms with Gasteiger partial charge in [0.25, 0.3) is 0 Å². The molecule has 0 radical (unpaired) electrons. The van der Waals surface area contributed by atoms with Crippen LogP contribution in [0.1, 0.15) is 60.3 Å². The van der Waals surface area contributed by atoms with E-state index in [2.05, 4.69) is 52.8 Å². The van der Waals surface area contributed by atoms with Crippen LogP contribution < -0.4 is 0 Å². The van der Waals surface area contributed by atoms with E-state index in [1.54, 1.807) is 0 Å². The Balaban J connectivity index is 3.92. The van der Waals surface area contributed by atoms with E-state index < -0.39 is 0 Å². The molecule has 88 valence electrons. The highest BCUT2D eigenvalue weighted by Gasteiger charge is 1.98. The molecule has 0 amide bonds. The second kappa shape index (κ2) is 8.76. The maximum absolute atomic E-state index is 2.32. The maximum Gasteiger partial charge on any atom is -0.0259 e. The summed E-state index contributed by atoms with van der Waals surface area (Å²) in [5.41, 5.74) is 1.50. The van der Waals surface area contributed by atoms with Gasteiger partial charge in [0.15, 0.2) is 0 Å². The van der Waals surface area contributed by atoms with Crippen LogP contribution >= 0.6 is 0 Å². The van der Waals surface area contributed by atoms with Crippen molar-refractivity contribution in [3.05, 3.63) is 23.8 Å². The van der Waals surface area contributed by atoms with Crippen LogP contribution in [0.3, 0.4) is 0 Å². The summed E-state index contributed by atoms with van der Waals surface area (Å²) < 4.78 is 0. The second-order valence-corrected chi connectivity index (χ2v) is 4.88. The summed E-state index contributed by atoms with van der Waals surface area (Å²) in [5.74, 6) is 1.55. The van der Waals surface area contributed by atoms with Crippen molar-refractivity contribution in [3.63, 3.8) is 0 Å². The summed E-state index contributed by atoms with van der Waals surface area (Å²) in [4.78, 5) is 0. The summed E-state index contributed by atoms with van der Waals surface area (Å²) in [6.45, 7) is 11.4. The molecule has 0 aliphatic rings. The van der Waals surface area contributed by atoms with Gasteiger partial charge >= 0.3 is 0 Å². The first-order chi connectivity index (χ1) is 7.10. The van der Waals surface area contributed by atoms with Gasteiger partial charge in [-0.3, -0.25) is 0 Å². The van der Waals surface area contributed by atoms with Crippen LogP contribution in [0.4, 0.5) is 0 Å². The van der Waals surface area contributed by atoms with Crippen LogP contribution in [0.2, 0.25) is 0 Å². The molecular formula is C15H28. The second-order valence-electron chi connectivity index (χ2n) is 4.88. The minimum atomic E-state index is 0.725. The first-order valence-electron chi connectivity index (χ1n) is 6.44. The van der Waals surface area contributed by atoms with E-state index in [-0.39, 0.29) is 0 Å². The molecule has 0 aromatic carbocycles. The standard InChI is InChI=1S/C15H28/c1-6-9-14(4)10-8-11-15(5)12-13(3)7-2/h8,10-11,13-14H,6-7,9,12H2,1-5H3. The van der Waals surface area contributed by atoms with E-state index in [0.717, 1.165) is 11.8 Å². The van der Waals surface area contributed by atoms with Gasteiger partial charge in [0, 0.05) is 0 Å². The zero-order chi connectivity index (χ0) is 11.7. The highest BCUT2D eigenvalue weighted by atomic mass is 14.0. The molecule has 0 saturated heterocycles. The highest BCUT2D eigenvalue weighted by Crippen LogP contribution is 2.14. The van der Waals surface area contributed by atoms with Crippen LogP contribution in [0.5, 0.6) is 0 Å². The van der Waals surface area contributed by atoms with Crippen molar-refractivity contribution in [2.75, 3.05) is 0 Å². The number of hydrogen-bond donors (Lipinski definition) is 0. The van der Waals surface area contributed by atoms with E-state index in [1.165, 1.54) is 31.3 Å². The summed E-state index contributed by atoms with van der Waals surface area (Å²) >= 11 is 0. The van der Waals surface area contributed by atoms with Crippen molar-refractivity contribution >= 4 is 0 Å². The molecule has 0 spiro atoms. The fraction of sp³-hybridized carbons (Fsp3) is 0.733. The van der Waals surface area contributed by atoms with Crippen molar-refractivity contribution < 1.29 is 0 Å². The molecule has 0 aliphatic heterocycles. The van der Waals surface area contributed by atoms with Crippen LogP contribution in [-0.2, 0) is 0 Å². The normalized spacial score (nSPS) is 17.0. The fourth-order valence-corrected chi connectivity index (χ4v) is 1.72. The molecule has 0 heterocycles. The molecule has 0 fully saturated rings. The van der Waals surface area contributed by atoms with E-state index >= 15 is 0 Å². The Hall–Kier alpha value is -0.520. The maximum atomic E-state index is 2.32. The quantitative estimate of drug-likeness (QED) is 0.494. The van der Waals surface area contributed by atoms with Crippen LogP contribution in [0.15, 0.2) is 23.8 Å².